The summed E-state index contributed by atoms with van der Waals surface area (Å²) in [6.07, 6.45) is 0. The van der Waals surface area contributed by atoms with E-state index in [4.69, 9.17) is 5.84 Å². The van der Waals surface area contributed by atoms with E-state index in [2.05, 4.69) is 10.7 Å². The molecule has 0 aromatic heterocycles. The van der Waals surface area contributed by atoms with Crippen molar-refractivity contribution < 1.29 is 9.59 Å². The summed E-state index contributed by atoms with van der Waals surface area (Å²) in [5.74, 6) is 4.58. The fourth-order valence-electron chi connectivity index (χ4n) is 1.37. The molecular weight excluding hydrogens is 208 g/mol. The van der Waals surface area contributed by atoms with Gasteiger partial charge in [0.15, 0.2) is 0 Å². The molecule has 6 nitrogen and oxygen atoms in total. The van der Waals surface area contributed by atoms with Gasteiger partial charge in [-0.15, -0.1) is 0 Å². The second-order valence-corrected chi connectivity index (χ2v) is 3.69. The lowest BCUT2D eigenvalue weighted by Gasteiger charge is -2.22. The van der Waals surface area contributed by atoms with Gasteiger partial charge in [0.2, 0.25) is 11.8 Å². The van der Waals surface area contributed by atoms with Gasteiger partial charge in [-0.3, -0.25) is 19.9 Å². The molecule has 0 saturated carbocycles. The molecule has 1 atom stereocenters. The zero-order valence-corrected chi connectivity index (χ0v) is 10.2. The van der Waals surface area contributed by atoms with E-state index in [9.17, 15) is 9.59 Å². The first-order chi connectivity index (χ1) is 7.54. The van der Waals surface area contributed by atoms with E-state index in [1.165, 1.54) is 0 Å². The highest BCUT2D eigenvalue weighted by atomic mass is 16.2. The summed E-state index contributed by atoms with van der Waals surface area (Å²) >= 11 is 0. The van der Waals surface area contributed by atoms with Crippen LogP contribution in [0, 0.1) is 5.92 Å². The minimum atomic E-state index is -0.223. The van der Waals surface area contributed by atoms with Crippen LogP contribution in [-0.2, 0) is 9.59 Å². The summed E-state index contributed by atoms with van der Waals surface area (Å²) in [6, 6.07) is 0. The van der Waals surface area contributed by atoms with Crippen molar-refractivity contribution in [1.82, 2.24) is 15.6 Å². The minimum Gasteiger partial charge on any atom is -0.355 e. The Morgan fingerprint density at radius 3 is 2.44 bits per heavy atom. The van der Waals surface area contributed by atoms with Crippen LogP contribution < -0.4 is 16.6 Å². The zero-order chi connectivity index (χ0) is 12.6. The maximum atomic E-state index is 11.4. The Morgan fingerprint density at radius 2 is 2.00 bits per heavy atom. The quantitative estimate of drug-likeness (QED) is 0.299. The first kappa shape index (κ1) is 14.9. The van der Waals surface area contributed by atoms with Crippen LogP contribution in [0.1, 0.15) is 20.8 Å². The van der Waals surface area contributed by atoms with Gasteiger partial charge in [-0.1, -0.05) is 13.8 Å². The molecule has 94 valence electrons. The number of nitrogens with one attached hydrogen (secondary N) is 2. The van der Waals surface area contributed by atoms with Crippen LogP contribution in [-0.4, -0.2) is 42.9 Å². The Bertz CT molecular complexity index is 233. The molecule has 0 aliphatic carbocycles. The molecule has 0 saturated heterocycles. The van der Waals surface area contributed by atoms with Crippen molar-refractivity contribution in [3.05, 3.63) is 0 Å². The van der Waals surface area contributed by atoms with Crippen molar-refractivity contribution in [2.45, 2.75) is 20.8 Å². The van der Waals surface area contributed by atoms with E-state index in [1.54, 1.807) is 6.92 Å². The summed E-state index contributed by atoms with van der Waals surface area (Å²) in [5, 5.41) is 2.72. The predicted octanol–water partition coefficient (Wildman–Crippen LogP) is -0.930. The Balaban J connectivity index is 4.09. The lowest BCUT2D eigenvalue weighted by Crippen LogP contribution is -2.43. The summed E-state index contributed by atoms with van der Waals surface area (Å²) in [5.41, 5.74) is 2.11. The summed E-state index contributed by atoms with van der Waals surface area (Å²) in [6.45, 7) is 7.78. The summed E-state index contributed by atoms with van der Waals surface area (Å²) < 4.78 is 0. The average Bonchev–Trinajstić information content (AvgIpc) is 2.27. The highest BCUT2D eigenvalue weighted by molar-refractivity contribution is 5.79. The smallest absolute Gasteiger partial charge is 0.237 e. The molecule has 0 aromatic carbocycles. The van der Waals surface area contributed by atoms with Gasteiger partial charge in [0, 0.05) is 19.0 Å². The van der Waals surface area contributed by atoms with E-state index in [0.717, 1.165) is 6.54 Å². The van der Waals surface area contributed by atoms with Gasteiger partial charge in [0.1, 0.15) is 0 Å². The van der Waals surface area contributed by atoms with Crippen molar-refractivity contribution in [2.75, 3.05) is 26.2 Å². The van der Waals surface area contributed by atoms with E-state index < -0.39 is 0 Å². The number of amides is 2. The molecule has 0 heterocycles. The molecule has 0 aromatic rings. The van der Waals surface area contributed by atoms with Gasteiger partial charge >= 0.3 is 0 Å². The largest absolute Gasteiger partial charge is 0.355 e. The third-order valence-corrected chi connectivity index (χ3v) is 2.31. The minimum absolute atomic E-state index is 0.0234. The van der Waals surface area contributed by atoms with E-state index in [-0.39, 0.29) is 17.7 Å². The topological polar surface area (TPSA) is 87.5 Å². The highest BCUT2D eigenvalue weighted by Crippen LogP contribution is 1.99. The van der Waals surface area contributed by atoms with Crippen LogP contribution >= 0.6 is 0 Å². The van der Waals surface area contributed by atoms with E-state index in [1.807, 2.05) is 18.7 Å². The summed E-state index contributed by atoms with van der Waals surface area (Å²) in [4.78, 5) is 24.5. The number of likely N-dealkylation sites (N-methyl/N-ethyl adjacent to an activating group) is 2. The third-order valence-electron chi connectivity index (χ3n) is 2.31. The number of nitrogens with zero attached hydrogens (tertiary/aromatic N) is 1. The molecule has 16 heavy (non-hydrogen) atoms. The fourth-order valence-corrected chi connectivity index (χ4v) is 1.37. The first-order valence-electron chi connectivity index (χ1n) is 5.54. The standard InChI is InChI=1S/C10H22N4O2/c1-4-12-9(15)7-14(5-2)6-8(3)10(16)13-11/h8H,4-7,11H2,1-3H3,(H,12,15)(H,13,16). The molecule has 2 amide bonds. The number of hydrogen-bond donors (Lipinski definition) is 3. The maximum absolute atomic E-state index is 11.4. The van der Waals surface area contributed by atoms with Crippen LogP contribution in [0.5, 0.6) is 0 Å². The Morgan fingerprint density at radius 1 is 1.38 bits per heavy atom. The van der Waals surface area contributed by atoms with E-state index in [0.29, 0.717) is 19.6 Å². The zero-order valence-electron chi connectivity index (χ0n) is 10.2. The molecule has 0 spiro atoms. The van der Waals surface area contributed by atoms with Crippen molar-refractivity contribution in [1.29, 1.82) is 0 Å². The number of hydrazine groups is 1. The lowest BCUT2D eigenvalue weighted by molar-refractivity contribution is -0.127. The van der Waals surface area contributed by atoms with Crippen molar-refractivity contribution in [2.24, 2.45) is 11.8 Å². The maximum Gasteiger partial charge on any atom is 0.237 e. The van der Waals surface area contributed by atoms with Crippen molar-refractivity contribution in [3.63, 3.8) is 0 Å². The monoisotopic (exact) mass is 230 g/mol. The molecule has 0 fully saturated rings. The molecule has 1 unspecified atom stereocenters. The average molecular weight is 230 g/mol. The molecular formula is C10H22N4O2. The molecule has 0 bridgehead atoms. The molecule has 0 aliphatic heterocycles. The predicted molar refractivity (Wildman–Crippen MR) is 62.3 cm³/mol. The van der Waals surface area contributed by atoms with Gasteiger partial charge in [-0.2, -0.15) is 0 Å². The number of hydrogen-bond acceptors (Lipinski definition) is 4. The second kappa shape index (κ2) is 8.06. The Hall–Kier alpha value is -1.14. The SMILES string of the molecule is CCNC(=O)CN(CC)CC(C)C(=O)NN. The number of carbonyl (C=O) groups is 2. The molecule has 0 aliphatic rings. The van der Waals surface area contributed by atoms with Crippen LogP contribution in [0.3, 0.4) is 0 Å². The second-order valence-electron chi connectivity index (χ2n) is 3.69. The van der Waals surface area contributed by atoms with Gasteiger partial charge < -0.3 is 5.32 Å². The fraction of sp³-hybridized carbons (Fsp3) is 0.800. The van der Waals surface area contributed by atoms with Crippen LogP contribution in [0.2, 0.25) is 0 Å². The molecule has 4 N–H and O–H groups in total. The number of rotatable bonds is 7. The van der Waals surface area contributed by atoms with E-state index >= 15 is 0 Å². The Kier molecular flexibility index (Phi) is 7.49. The van der Waals surface area contributed by atoms with Gasteiger partial charge in [-0.05, 0) is 13.5 Å². The van der Waals surface area contributed by atoms with Gasteiger partial charge in [0.05, 0.1) is 6.54 Å². The summed E-state index contributed by atoms with van der Waals surface area (Å²) in [7, 11) is 0. The lowest BCUT2D eigenvalue weighted by atomic mass is 10.1. The van der Waals surface area contributed by atoms with Crippen molar-refractivity contribution >= 4 is 11.8 Å². The van der Waals surface area contributed by atoms with Crippen LogP contribution in [0.15, 0.2) is 0 Å². The van der Waals surface area contributed by atoms with Crippen LogP contribution in [0.4, 0.5) is 0 Å². The molecule has 6 heteroatoms. The first-order valence-corrected chi connectivity index (χ1v) is 5.54. The third kappa shape index (κ3) is 5.67. The molecule has 0 radical (unpaired) electrons. The van der Waals surface area contributed by atoms with Gasteiger partial charge in [0.25, 0.3) is 0 Å². The molecule has 0 rings (SSSR count). The van der Waals surface area contributed by atoms with Crippen LogP contribution in [0.25, 0.3) is 0 Å². The van der Waals surface area contributed by atoms with Gasteiger partial charge in [-0.25, -0.2) is 5.84 Å². The van der Waals surface area contributed by atoms with Crippen molar-refractivity contribution in [3.8, 4) is 0 Å². The number of carbonyl (C=O) groups excluding carboxylic acids is 2. The normalized spacial score (nSPS) is 12.3. The Labute approximate surface area is 96.5 Å². The number of nitrogens with two attached hydrogens (primary N) is 1. The highest BCUT2D eigenvalue weighted by Gasteiger charge is 2.16.